The van der Waals surface area contributed by atoms with E-state index in [9.17, 15) is 0 Å². The van der Waals surface area contributed by atoms with Crippen LogP contribution in [-0.4, -0.2) is 70.9 Å². The summed E-state index contributed by atoms with van der Waals surface area (Å²) in [6.45, 7) is 3.15. The molecule has 0 aromatic rings. The average molecular weight is 236 g/mol. The normalized spacial score (nSPS) is 25.9. The van der Waals surface area contributed by atoms with Crippen molar-refractivity contribution in [2.45, 2.75) is 12.4 Å². The number of hydrogen-bond acceptors (Lipinski definition) is 6. The van der Waals surface area contributed by atoms with Crippen LogP contribution in [0.1, 0.15) is 0 Å². The summed E-state index contributed by atoms with van der Waals surface area (Å²) in [5.41, 5.74) is 0. The van der Waals surface area contributed by atoms with Crippen LogP contribution in [0.15, 0.2) is 0 Å². The number of ether oxygens (including phenoxy) is 5. The highest BCUT2D eigenvalue weighted by Gasteiger charge is 2.19. The molecule has 6 nitrogen and oxygen atoms in total. The second-order valence-corrected chi connectivity index (χ2v) is 3.43. The van der Waals surface area contributed by atoms with Crippen molar-refractivity contribution in [2.24, 2.45) is 0 Å². The monoisotopic (exact) mass is 236 g/mol. The van der Waals surface area contributed by atoms with Crippen LogP contribution in [-0.2, 0) is 23.7 Å². The highest BCUT2D eigenvalue weighted by atomic mass is 16.7. The lowest BCUT2D eigenvalue weighted by molar-refractivity contribution is -0.234. The fourth-order valence-electron chi connectivity index (χ4n) is 1.17. The maximum absolute atomic E-state index is 9.10. The first kappa shape index (κ1) is 13.8. The Bertz CT molecular complexity index is 157. The van der Waals surface area contributed by atoms with Gasteiger partial charge in [-0.3, -0.25) is 0 Å². The summed E-state index contributed by atoms with van der Waals surface area (Å²) in [6.07, 6.45) is -0.893. The minimum Gasteiger partial charge on any atom is -0.388 e. The van der Waals surface area contributed by atoms with Gasteiger partial charge < -0.3 is 28.8 Å². The summed E-state index contributed by atoms with van der Waals surface area (Å²) in [4.78, 5) is 0. The molecule has 0 amide bonds. The van der Waals surface area contributed by atoms with E-state index in [4.69, 9.17) is 28.8 Å². The van der Waals surface area contributed by atoms with Gasteiger partial charge in [0.05, 0.1) is 46.2 Å². The van der Waals surface area contributed by atoms with Gasteiger partial charge in [0.2, 0.25) is 0 Å². The molecule has 0 atom stereocenters. The van der Waals surface area contributed by atoms with E-state index in [1.54, 1.807) is 7.11 Å². The standard InChI is InChI=1S/C10H20O6/c1-12-2-3-13-4-5-14-8-10-15-6-9(11)7-16-10/h9-11H,2-8H2,1H3. The fraction of sp³-hybridized carbons (Fsp3) is 1.00. The molecule has 0 radical (unpaired) electrons. The maximum Gasteiger partial charge on any atom is 0.181 e. The summed E-state index contributed by atoms with van der Waals surface area (Å²) in [7, 11) is 1.63. The molecule has 1 fully saturated rings. The zero-order chi connectivity index (χ0) is 11.6. The molecule has 0 saturated carbocycles. The maximum atomic E-state index is 9.10. The second kappa shape index (κ2) is 8.86. The molecule has 1 rings (SSSR count). The second-order valence-electron chi connectivity index (χ2n) is 3.43. The molecule has 1 N–H and O–H groups in total. The van der Waals surface area contributed by atoms with Gasteiger partial charge >= 0.3 is 0 Å². The van der Waals surface area contributed by atoms with Crippen molar-refractivity contribution in [3.63, 3.8) is 0 Å². The van der Waals surface area contributed by atoms with Crippen LogP contribution in [0.5, 0.6) is 0 Å². The van der Waals surface area contributed by atoms with Crippen LogP contribution in [0, 0.1) is 0 Å². The molecule has 1 saturated heterocycles. The highest BCUT2D eigenvalue weighted by molar-refractivity contribution is 4.59. The van der Waals surface area contributed by atoms with Crippen LogP contribution in [0.4, 0.5) is 0 Å². The lowest BCUT2D eigenvalue weighted by Crippen LogP contribution is -2.38. The molecule has 6 heteroatoms. The Morgan fingerprint density at radius 3 is 2.38 bits per heavy atom. The predicted octanol–water partition coefficient (Wildman–Crippen LogP) is -0.600. The Labute approximate surface area is 95.4 Å². The number of hydrogen-bond donors (Lipinski definition) is 1. The molecule has 1 heterocycles. The molecule has 0 bridgehead atoms. The van der Waals surface area contributed by atoms with Crippen LogP contribution < -0.4 is 0 Å². The minimum absolute atomic E-state index is 0.304. The van der Waals surface area contributed by atoms with Gasteiger partial charge in [0.25, 0.3) is 0 Å². The molecular formula is C10H20O6. The molecule has 1 aliphatic heterocycles. The number of aliphatic hydroxyl groups is 1. The quantitative estimate of drug-likeness (QED) is 0.568. The Hall–Kier alpha value is -0.240. The highest BCUT2D eigenvalue weighted by Crippen LogP contribution is 2.05. The van der Waals surface area contributed by atoms with Gasteiger partial charge in [0.1, 0.15) is 6.10 Å². The van der Waals surface area contributed by atoms with Gasteiger partial charge in [-0.25, -0.2) is 0 Å². The van der Waals surface area contributed by atoms with Crippen molar-refractivity contribution in [2.75, 3.05) is 53.4 Å². The smallest absolute Gasteiger partial charge is 0.181 e. The van der Waals surface area contributed by atoms with Crippen LogP contribution >= 0.6 is 0 Å². The van der Waals surface area contributed by atoms with Crippen LogP contribution in [0.25, 0.3) is 0 Å². The van der Waals surface area contributed by atoms with Crippen molar-refractivity contribution in [1.29, 1.82) is 0 Å². The van der Waals surface area contributed by atoms with Crippen molar-refractivity contribution in [1.82, 2.24) is 0 Å². The van der Waals surface area contributed by atoms with E-state index in [0.717, 1.165) is 0 Å². The van der Waals surface area contributed by atoms with Gasteiger partial charge in [-0.1, -0.05) is 0 Å². The van der Waals surface area contributed by atoms with E-state index in [0.29, 0.717) is 46.2 Å². The summed E-state index contributed by atoms with van der Waals surface area (Å²) in [6, 6.07) is 0. The van der Waals surface area contributed by atoms with Crippen molar-refractivity contribution in [3.8, 4) is 0 Å². The Morgan fingerprint density at radius 1 is 1.06 bits per heavy atom. The van der Waals surface area contributed by atoms with E-state index in [-0.39, 0.29) is 6.29 Å². The third-order valence-electron chi connectivity index (χ3n) is 2.01. The Morgan fingerprint density at radius 2 is 1.69 bits per heavy atom. The largest absolute Gasteiger partial charge is 0.388 e. The van der Waals surface area contributed by atoms with Gasteiger partial charge in [0.15, 0.2) is 6.29 Å². The van der Waals surface area contributed by atoms with E-state index in [1.165, 1.54) is 0 Å². The first-order valence-electron chi connectivity index (χ1n) is 5.38. The number of aliphatic hydroxyl groups excluding tert-OH is 1. The summed E-state index contributed by atoms with van der Waals surface area (Å²) < 4.78 is 25.7. The average Bonchev–Trinajstić information content (AvgIpc) is 2.30. The minimum atomic E-state index is -0.520. The number of rotatable bonds is 8. The molecule has 0 unspecified atom stereocenters. The van der Waals surface area contributed by atoms with Crippen LogP contribution in [0.3, 0.4) is 0 Å². The lowest BCUT2D eigenvalue weighted by atomic mass is 10.4. The molecule has 1 aliphatic rings. The van der Waals surface area contributed by atoms with Gasteiger partial charge in [0, 0.05) is 7.11 Å². The molecule has 0 spiro atoms. The zero-order valence-electron chi connectivity index (χ0n) is 9.59. The Kier molecular flexibility index (Phi) is 7.65. The first-order valence-corrected chi connectivity index (χ1v) is 5.38. The molecular weight excluding hydrogens is 216 g/mol. The SMILES string of the molecule is COCCOCCOCC1OCC(O)CO1. The molecule has 0 aliphatic carbocycles. The fourth-order valence-corrected chi connectivity index (χ4v) is 1.17. The van der Waals surface area contributed by atoms with Gasteiger partial charge in [-0.05, 0) is 0 Å². The first-order chi connectivity index (χ1) is 7.83. The van der Waals surface area contributed by atoms with E-state index >= 15 is 0 Å². The summed E-state index contributed by atoms with van der Waals surface area (Å²) in [5.74, 6) is 0. The van der Waals surface area contributed by atoms with Gasteiger partial charge in [-0.2, -0.15) is 0 Å². The summed E-state index contributed by atoms with van der Waals surface area (Å²) >= 11 is 0. The van der Waals surface area contributed by atoms with Gasteiger partial charge in [-0.15, -0.1) is 0 Å². The van der Waals surface area contributed by atoms with Crippen LogP contribution in [0.2, 0.25) is 0 Å². The third-order valence-corrected chi connectivity index (χ3v) is 2.01. The topological polar surface area (TPSA) is 66.4 Å². The van der Waals surface area contributed by atoms with Crippen molar-refractivity contribution in [3.05, 3.63) is 0 Å². The molecule has 0 aromatic heterocycles. The van der Waals surface area contributed by atoms with E-state index in [1.807, 2.05) is 0 Å². The van der Waals surface area contributed by atoms with E-state index < -0.39 is 6.10 Å². The van der Waals surface area contributed by atoms with Crippen molar-refractivity contribution >= 4 is 0 Å². The van der Waals surface area contributed by atoms with Crippen molar-refractivity contribution < 1.29 is 28.8 Å². The number of methoxy groups -OCH3 is 1. The lowest BCUT2D eigenvalue weighted by Gasteiger charge is -2.26. The Balaban J connectivity index is 1.84. The zero-order valence-corrected chi connectivity index (χ0v) is 9.59. The van der Waals surface area contributed by atoms with E-state index in [2.05, 4.69) is 0 Å². The third kappa shape index (κ3) is 6.37. The predicted molar refractivity (Wildman–Crippen MR) is 55.2 cm³/mol. The molecule has 16 heavy (non-hydrogen) atoms. The summed E-state index contributed by atoms with van der Waals surface area (Å²) in [5, 5.41) is 9.10. The molecule has 96 valence electrons. The molecule has 0 aromatic carbocycles.